The number of alkyl halides is 1. The maximum Gasteiger partial charge on any atom is 0.303 e. The van der Waals surface area contributed by atoms with E-state index in [4.69, 9.17) is 0 Å². The van der Waals surface area contributed by atoms with Gasteiger partial charge in [-0.15, -0.1) is 0 Å². The van der Waals surface area contributed by atoms with E-state index in [1.54, 1.807) is 6.07 Å². The lowest BCUT2D eigenvalue weighted by Crippen LogP contribution is -2.42. The molecule has 0 aliphatic carbocycles. The van der Waals surface area contributed by atoms with Crippen molar-refractivity contribution in [2.75, 3.05) is 25.0 Å². The Labute approximate surface area is 201 Å². The van der Waals surface area contributed by atoms with Gasteiger partial charge in [0.1, 0.15) is 17.5 Å². The summed E-state index contributed by atoms with van der Waals surface area (Å²) in [5.74, 6) is -2.37. The van der Waals surface area contributed by atoms with Crippen molar-refractivity contribution in [2.45, 2.75) is 32.5 Å². The molecule has 0 radical (unpaired) electrons. The van der Waals surface area contributed by atoms with E-state index < -0.39 is 40.0 Å². The van der Waals surface area contributed by atoms with E-state index in [1.165, 1.54) is 42.4 Å². The Hall–Kier alpha value is -3.12. The van der Waals surface area contributed by atoms with Gasteiger partial charge in [0.2, 0.25) is 0 Å². The summed E-state index contributed by atoms with van der Waals surface area (Å²) in [4.78, 5) is 14.3. The number of carbonyl (C=O) groups excluding carboxylic acids is 1. The first-order valence-electron chi connectivity index (χ1n) is 11.1. The number of rotatable bonds is 7. The molecule has 1 saturated heterocycles. The molecular formula is C23H26F3N5O3S. The van der Waals surface area contributed by atoms with Crippen molar-refractivity contribution in [1.82, 2.24) is 18.6 Å². The van der Waals surface area contributed by atoms with Crippen LogP contribution < -0.4 is 9.62 Å². The number of pyridine rings is 1. The maximum absolute atomic E-state index is 15.8. The van der Waals surface area contributed by atoms with Gasteiger partial charge in [-0.25, -0.2) is 22.4 Å². The summed E-state index contributed by atoms with van der Waals surface area (Å²) in [5, 5.41) is 3.96. The van der Waals surface area contributed by atoms with Crippen LogP contribution >= 0.6 is 0 Å². The second-order valence-corrected chi connectivity index (χ2v) is 10.8. The number of carbonyl (C=O) groups is 1. The zero-order valence-corrected chi connectivity index (χ0v) is 20.3. The lowest BCUT2D eigenvalue weighted by atomic mass is 10.0. The normalized spacial score (nSPS) is 18.7. The zero-order chi connectivity index (χ0) is 25.5. The van der Waals surface area contributed by atoms with Gasteiger partial charge >= 0.3 is 10.2 Å². The molecule has 8 nitrogen and oxygen atoms in total. The first-order valence-corrected chi connectivity index (χ1v) is 12.5. The highest BCUT2D eigenvalue weighted by Gasteiger charge is 2.36. The smallest absolute Gasteiger partial charge is 0.303 e. The first kappa shape index (κ1) is 25.0. The summed E-state index contributed by atoms with van der Waals surface area (Å²) in [5.41, 5.74) is -0.0392. The lowest BCUT2D eigenvalue weighted by molar-refractivity contribution is 0.0980. The van der Waals surface area contributed by atoms with Gasteiger partial charge in [0.05, 0.1) is 23.5 Å². The van der Waals surface area contributed by atoms with E-state index in [2.05, 4.69) is 5.10 Å². The molecule has 3 aromatic rings. The molecule has 2 atom stereocenters. The van der Waals surface area contributed by atoms with Crippen LogP contribution in [0.25, 0.3) is 5.52 Å². The predicted molar refractivity (Wildman–Crippen MR) is 125 cm³/mol. The third-order valence-electron chi connectivity index (χ3n) is 5.89. The number of nitrogens with one attached hydrogen (secondary N) is 1. The highest BCUT2D eigenvalue weighted by molar-refractivity contribution is 7.87. The van der Waals surface area contributed by atoms with Crippen molar-refractivity contribution < 1.29 is 26.4 Å². The molecule has 0 saturated carbocycles. The summed E-state index contributed by atoms with van der Waals surface area (Å²) in [6, 6.07) is 6.47. The monoisotopic (exact) mass is 509 g/mol. The van der Waals surface area contributed by atoms with E-state index in [-0.39, 0.29) is 42.2 Å². The molecule has 2 aromatic heterocycles. The highest BCUT2D eigenvalue weighted by atomic mass is 32.2. The molecule has 4 rings (SSSR count). The molecule has 0 bridgehead atoms. The number of aromatic nitrogens is 2. The lowest BCUT2D eigenvalue weighted by Gasteiger charge is -2.27. The fourth-order valence-corrected chi connectivity index (χ4v) is 5.36. The average Bonchev–Trinajstić information content (AvgIpc) is 3.37. The van der Waals surface area contributed by atoms with Gasteiger partial charge in [0.15, 0.2) is 5.82 Å². The molecule has 12 heteroatoms. The summed E-state index contributed by atoms with van der Waals surface area (Å²) in [7, 11) is -2.83. The van der Waals surface area contributed by atoms with Crippen LogP contribution in [0.4, 0.5) is 18.9 Å². The van der Waals surface area contributed by atoms with Gasteiger partial charge in [0, 0.05) is 32.8 Å². The molecule has 0 spiro atoms. The van der Waals surface area contributed by atoms with E-state index in [0.29, 0.717) is 5.56 Å². The third kappa shape index (κ3) is 4.98. The second-order valence-electron chi connectivity index (χ2n) is 9.03. The van der Waals surface area contributed by atoms with Gasteiger partial charge < -0.3 is 4.90 Å². The van der Waals surface area contributed by atoms with Crippen molar-refractivity contribution in [3.63, 3.8) is 0 Å². The Morgan fingerprint density at radius 2 is 2.03 bits per heavy atom. The summed E-state index contributed by atoms with van der Waals surface area (Å²) in [6.45, 7) is 3.70. The molecule has 1 aliphatic rings. The minimum Gasteiger partial charge on any atom is -0.359 e. The van der Waals surface area contributed by atoms with Crippen molar-refractivity contribution in [3.05, 3.63) is 65.5 Å². The fourth-order valence-electron chi connectivity index (χ4n) is 4.36. The summed E-state index contributed by atoms with van der Waals surface area (Å²) < 4.78 is 73.1. The minimum atomic E-state index is -4.17. The maximum atomic E-state index is 15.8. The van der Waals surface area contributed by atoms with Crippen molar-refractivity contribution >= 4 is 27.3 Å². The van der Waals surface area contributed by atoms with Gasteiger partial charge in [0.25, 0.3) is 5.91 Å². The van der Waals surface area contributed by atoms with Crippen molar-refractivity contribution in [2.24, 2.45) is 5.92 Å². The van der Waals surface area contributed by atoms with Crippen LogP contribution in [0, 0.1) is 17.6 Å². The molecule has 1 fully saturated rings. The number of fused-ring (bicyclic) bond motifs is 1. The summed E-state index contributed by atoms with van der Waals surface area (Å²) >= 11 is 0. The molecule has 1 aromatic carbocycles. The van der Waals surface area contributed by atoms with Crippen LogP contribution in [-0.2, 0) is 10.2 Å². The number of hydrogen-bond acceptors (Lipinski definition) is 5. The van der Waals surface area contributed by atoms with Crippen molar-refractivity contribution in [1.29, 1.82) is 0 Å². The Bertz CT molecular complexity index is 1360. The van der Waals surface area contributed by atoms with Crippen LogP contribution in [0.3, 0.4) is 0 Å². The predicted octanol–water partition coefficient (Wildman–Crippen LogP) is 3.46. The molecular weight excluding hydrogens is 483 g/mol. The molecule has 1 unspecified atom stereocenters. The van der Waals surface area contributed by atoms with Crippen LogP contribution in [0.5, 0.6) is 0 Å². The number of halogens is 3. The van der Waals surface area contributed by atoms with Crippen LogP contribution in [0.15, 0.2) is 42.7 Å². The molecule has 1 N–H and O–H groups in total. The topological polar surface area (TPSA) is 87.0 Å². The van der Waals surface area contributed by atoms with Gasteiger partial charge in [-0.3, -0.25) is 4.79 Å². The second kappa shape index (κ2) is 9.50. The highest BCUT2D eigenvalue weighted by Crippen LogP contribution is 2.39. The summed E-state index contributed by atoms with van der Waals surface area (Å²) in [6.07, 6.45) is 1.24. The zero-order valence-electron chi connectivity index (χ0n) is 19.5. The molecule has 1 amide bonds. The number of nitrogens with zero attached hydrogens (tertiary/aromatic N) is 4. The van der Waals surface area contributed by atoms with Gasteiger partial charge in [-0.2, -0.15) is 17.8 Å². The minimum absolute atomic E-state index is 0.00115. The number of anilines is 1. The van der Waals surface area contributed by atoms with Crippen LogP contribution in [0.1, 0.15) is 42.2 Å². The standard InChI is InChI=1S/C23H26F3N5O3S/c1-14(2)12-29(3)35(33,34)28-23(32)18-11-27-31-8-7-19(21(26)22(18)31)30-13-17(25)10-20(30)15-5-4-6-16(24)9-15/h4-9,11,14,17,20H,10,12-13H2,1-3H3,(H,28,32)/t17-,20?/m0/s1. The van der Waals surface area contributed by atoms with E-state index in [9.17, 15) is 22.0 Å². The van der Waals surface area contributed by atoms with Gasteiger partial charge in [-0.1, -0.05) is 26.0 Å². The van der Waals surface area contributed by atoms with E-state index in [1.807, 2.05) is 18.6 Å². The molecule has 35 heavy (non-hydrogen) atoms. The van der Waals surface area contributed by atoms with E-state index in [0.717, 1.165) is 15.0 Å². The molecule has 3 heterocycles. The van der Waals surface area contributed by atoms with Crippen LogP contribution in [-0.4, -0.2) is 54.6 Å². The van der Waals surface area contributed by atoms with Crippen molar-refractivity contribution in [3.8, 4) is 0 Å². The molecule has 1 aliphatic heterocycles. The van der Waals surface area contributed by atoms with E-state index >= 15 is 4.39 Å². The SMILES string of the molecule is CC(C)CN(C)S(=O)(=O)NC(=O)c1cnn2ccc(N3C[C@@H](F)CC3c3cccc(F)c3)c(F)c12. The largest absolute Gasteiger partial charge is 0.359 e. The Kier molecular flexibility index (Phi) is 6.78. The average molecular weight is 510 g/mol. The Balaban J connectivity index is 1.70. The van der Waals surface area contributed by atoms with Crippen LogP contribution in [0.2, 0.25) is 0 Å². The first-order chi connectivity index (χ1) is 16.5. The van der Waals surface area contributed by atoms with Gasteiger partial charge in [-0.05, 0) is 29.7 Å². The quantitative estimate of drug-likeness (QED) is 0.527. The molecule has 188 valence electrons. The number of amides is 1. The number of benzene rings is 1. The third-order valence-corrected chi connectivity index (χ3v) is 7.31. The fraction of sp³-hybridized carbons (Fsp3) is 0.391. The number of hydrogen-bond donors (Lipinski definition) is 1. The Morgan fingerprint density at radius 1 is 1.29 bits per heavy atom. The Morgan fingerprint density at radius 3 is 2.71 bits per heavy atom.